The van der Waals surface area contributed by atoms with E-state index in [0.29, 0.717) is 29.3 Å². The fraction of sp³-hybridized carbons (Fsp3) is 0.300. The van der Waals surface area contributed by atoms with E-state index in [4.69, 9.17) is 0 Å². The third kappa shape index (κ3) is 5.50. The number of carbonyl (C=O) groups excluding carboxylic acids is 2. The lowest BCUT2D eigenvalue weighted by atomic mass is 10.2. The molecular weight excluding hydrogens is 413 g/mol. The molecule has 0 unspecified atom stereocenters. The summed E-state index contributed by atoms with van der Waals surface area (Å²) in [6.07, 6.45) is -3.06. The summed E-state index contributed by atoms with van der Waals surface area (Å²) in [5.41, 5.74) is 0.656. The van der Waals surface area contributed by atoms with Crippen LogP contribution in [-0.4, -0.2) is 31.4 Å². The van der Waals surface area contributed by atoms with Gasteiger partial charge in [0.05, 0.1) is 0 Å². The smallest absolute Gasteiger partial charge is 0.326 e. The van der Waals surface area contributed by atoms with Crippen LogP contribution in [0, 0.1) is 6.92 Å². The Morgan fingerprint density at radius 1 is 1.06 bits per heavy atom. The number of carbonyl (C=O) groups is 2. The van der Waals surface area contributed by atoms with Crippen molar-refractivity contribution in [3.05, 3.63) is 59.7 Å². The molecule has 0 saturated heterocycles. The summed E-state index contributed by atoms with van der Waals surface area (Å²) in [6.45, 7) is 3.92. The molecular formula is C20H21F3N6O2. The van der Waals surface area contributed by atoms with Crippen LogP contribution in [0.4, 0.5) is 24.5 Å². The first-order valence-electron chi connectivity index (χ1n) is 9.52. The fourth-order valence-electron chi connectivity index (χ4n) is 2.95. The van der Waals surface area contributed by atoms with Crippen LogP contribution in [0.2, 0.25) is 0 Å². The number of anilines is 2. The number of hydrogen-bond donors (Lipinski definition) is 2. The summed E-state index contributed by atoms with van der Waals surface area (Å²) in [6, 6.07) is 9.11. The highest BCUT2D eigenvalue weighted by Gasteiger charge is 2.34. The molecule has 0 saturated carbocycles. The molecule has 31 heavy (non-hydrogen) atoms. The Labute approximate surface area is 176 Å². The van der Waals surface area contributed by atoms with Gasteiger partial charge in [-0.1, -0.05) is 6.07 Å². The van der Waals surface area contributed by atoms with Gasteiger partial charge in [0.1, 0.15) is 5.69 Å². The van der Waals surface area contributed by atoms with Gasteiger partial charge in [-0.05, 0) is 44.2 Å². The molecule has 8 nitrogen and oxygen atoms in total. The molecule has 164 valence electrons. The molecule has 0 aliphatic rings. The predicted molar refractivity (Wildman–Crippen MR) is 108 cm³/mol. The van der Waals surface area contributed by atoms with E-state index in [0.717, 1.165) is 10.7 Å². The van der Waals surface area contributed by atoms with Crippen LogP contribution >= 0.6 is 0 Å². The molecule has 0 aliphatic heterocycles. The quantitative estimate of drug-likeness (QED) is 0.593. The van der Waals surface area contributed by atoms with Crippen molar-refractivity contribution in [1.82, 2.24) is 19.6 Å². The van der Waals surface area contributed by atoms with Crippen LogP contribution in [0.25, 0.3) is 0 Å². The molecule has 0 bridgehead atoms. The van der Waals surface area contributed by atoms with Crippen molar-refractivity contribution >= 4 is 23.2 Å². The van der Waals surface area contributed by atoms with Gasteiger partial charge in [0.15, 0.2) is 5.69 Å². The minimum atomic E-state index is -4.53. The Bertz CT molecular complexity index is 1090. The van der Waals surface area contributed by atoms with Crippen LogP contribution in [-0.2, 0) is 24.1 Å². The van der Waals surface area contributed by atoms with Gasteiger partial charge in [0.25, 0.3) is 5.91 Å². The van der Waals surface area contributed by atoms with Crippen molar-refractivity contribution in [3.63, 3.8) is 0 Å². The van der Waals surface area contributed by atoms with E-state index < -0.39 is 17.8 Å². The molecule has 2 aromatic heterocycles. The standard InChI is InChI=1S/C20H21F3N6O2/c1-3-28-16(7-9-24-28)19(31)26-15-6-4-5-14(12-15)25-18(30)8-10-29-13(2)11-17(27-29)20(21,22)23/h4-7,9,11-12H,3,8,10H2,1-2H3,(H,25,30)(H,26,31). The first-order valence-corrected chi connectivity index (χ1v) is 9.52. The first kappa shape index (κ1) is 22.1. The highest BCUT2D eigenvalue weighted by Crippen LogP contribution is 2.28. The third-order valence-electron chi connectivity index (χ3n) is 4.48. The summed E-state index contributed by atoms with van der Waals surface area (Å²) < 4.78 is 40.9. The minimum Gasteiger partial charge on any atom is -0.326 e. The van der Waals surface area contributed by atoms with Gasteiger partial charge in [0.2, 0.25) is 5.91 Å². The lowest BCUT2D eigenvalue weighted by Crippen LogP contribution is -2.18. The fourth-order valence-corrected chi connectivity index (χ4v) is 2.95. The van der Waals surface area contributed by atoms with Crippen molar-refractivity contribution in [3.8, 4) is 0 Å². The number of aryl methyl sites for hydroxylation is 3. The monoisotopic (exact) mass is 434 g/mol. The number of nitrogens with one attached hydrogen (secondary N) is 2. The lowest BCUT2D eigenvalue weighted by Gasteiger charge is -2.10. The maximum atomic E-state index is 12.7. The summed E-state index contributed by atoms with van der Waals surface area (Å²) in [4.78, 5) is 24.6. The van der Waals surface area contributed by atoms with E-state index >= 15 is 0 Å². The number of aromatic nitrogens is 4. The van der Waals surface area contributed by atoms with E-state index in [2.05, 4.69) is 20.8 Å². The number of halogens is 3. The average Bonchev–Trinajstić information content (AvgIpc) is 3.33. The molecule has 0 atom stereocenters. The zero-order valence-corrected chi connectivity index (χ0v) is 16.9. The van der Waals surface area contributed by atoms with Crippen molar-refractivity contribution in [1.29, 1.82) is 0 Å². The van der Waals surface area contributed by atoms with Gasteiger partial charge in [0, 0.05) is 42.8 Å². The molecule has 0 fully saturated rings. The van der Waals surface area contributed by atoms with Gasteiger partial charge in [-0.2, -0.15) is 23.4 Å². The Morgan fingerprint density at radius 2 is 1.77 bits per heavy atom. The lowest BCUT2D eigenvalue weighted by molar-refractivity contribution is -0.141. The van der Waals surface area contributed by atoms with Crippen molar-refractivity contribution < 1.29 is 22.8 Å². The molecule has 0 radical (unpaired) electrons. The molecule has 2 heterocycles. The summed E-state index contributed by atoms with van der Waals surface area (Å²) in [5.74, 6) is -0.728. The topological polar surface area (TPSA) is 93.8 Å². The van der Waals surface area contributed by atoms with Crippen LogP contribution in [0.15, 0.2) is 42.6 Å². The van der Waals surface area contributed by atoms with E-state index in [1.165, 1.54) is 13.1 Å². The highest BCUT2D eigenvalue weighted by molar-refractivity contribution is 6.03. The second-order valence-corrected chi connectivity index (χ2v) is 6.76. The molecule has 11 heteroatoms. The largest absolute Gasteiger partial charge is 0.435 e. The van der Waals surface area contributed by atoms with Gasteiger partial charge in [-0.3, -0.25) is 19.0 Å². The average molecular weight is 434 g/mol. The van der Waals surface area contributed by atoms with Crippen LogP contribution in [0.5, 0.6) is 0 Å². The Hall–Kier alpha value is -3.63. The second-order valence-electron chi connectivity index (χ2n) is 6.76. The Kier molecular flexibility index (Phi) is 6.42. The maximum absolute atomic E-state index is 12.7. The zero-order valence-electron chi connectivity index (χ0n) is 16.9. The number of benzene rings is 1. The number of alkyl halides is 3. The maximum Gasteiger partial charge on any atom is 0.435 e. The third-order valence-corrected chi connectivity index (χ3v) is 4.48. The van der Waals surface area contributed by atoms with Crippen molar-refractivity contribution in [2.24, 2.45) is 0 Å². The van der Waals surface area contributed by atoms with Gasteiger partial charge in [-0.25, -0.2) is 0 Å². The number of nitrogens with zero attached hydrogens (tertiary/aromatic N) is 4. The molecule has 3 rings (SSSR count). The Balaban J connectivity index is 1.59. The van der Waals surface area contributed by atoms with Gasteiger partial charge in [-0.15, -0.1) is 0 Å². The van der Waals surface area contributed by atoms with E-state index in [1.54, 1.807) is 35.0 Å². The molecule has 0 spiro atoms. The van der Waals surface area contributed by atoms with Gasteiger partial charge < -0.3 is 10.6 Å². The minimum absolute atomic E-state index is 0.00514. The van der Waals surface area contributed by atoms with Crippen LogP contribution in [0.1, 0.15) is 35.2 Å². The van der Waals surface area contributed by atoms with Crippen molar-refractivity contribution in [2.45, 2.75) is 39.5 Å². The molecule has 0 aliphatic carbocycles. The van der Waals surface area contributed by atoms with E-state index in [9.17, 15) is 22.8 Å². The van der Waals surface area contributed by atoms with E-state index in [-0.39, 0.29) is 18.9 Å². The zero-order chi connectivity index (χ0) is 22.6. The SMILES string of the molecule is CCn1nccc1C(=O)Nc1cccc(NC(=O)CCn2nc(C(F)(F)F)cc2C)c1. The summed E-state index contributed by atoms with van der Waals surface area (Å²) in [7, 11) is 0. The molecule has 2 N–H and O–H groups in total. The molecule has 3 aromatic rings. The predicted octanol–water partition coefficient (Wildman–Crippen LogP) is 3.71. The summed E-state index contributed by atoms with van der Waals surface area (Å²) >= 11 is 0. The van der Waals surface area contributed by atoms with E-state index in [1.807, 2.05) is 6.92 Å². The number of amides is 2. The second kappa shape index (κ2) is 9.02. The number of hydrogen-bond acceptors (Lipinski definition) is 4. The normalized spacial score (nSPS) is 11.4. The first-order chi connectivity index (χ1) is 14.7. The van der Waals surface area contributed by atoms with Crippen LogP contribution in [0.3, 0.4) is 0 Å². The van der Waals surface area contributed by atoms with Crippen LogP contribution < -0.4 is 10.6 Å². The number of rotatable bonds is 7. The molecule has 1 aromatic carbocycles. The molecule has 2 amide bonds. The van der Waals surface area contributed by atoms with Crippen molar-refractivity contribution in [2.75, 3.05) is 10.6 Å². The van der Waals surface area contributed by atoms with Gasteiger partial charge >= 0.3 is 6.18 Å². The Morgan fingerprint density at radius 3 is 2.42 bits per heavy atom. The summed E-state index contributed by atoms with van der Waals surface area (Å²) in [5, 5.41) is 13.0. The highest BCUT2D eigenvalue weighted by atomic mass is 19.4.